The highest BCUT2D eigenvalue weighted by atomic mass is 32.2. The van der Waals surface area contributed by atoms with Gasteiger partial charge in [-0.3, -0.25) is 4.79 Å². The van der Waals surface area contributed by atoms with Crippen LogP contribution in [0, 0.1) is 5.92 Å². The maximum absolute atomic E-state index is 13.0. The molecule has 0 spiro atoms. The van der Waals surface area contributed by atoms with Crippen LogP contribution in [0.2, 0.25) is 0 Å². The summed E-state index contributed by atoms with van der Waals surface area (Å²) in [4.78, 5) is 12.1. The number of halogens is 1. The molecule has 2 aromatic rings. The molecule has 0 aliphatic carbocycles. The first-order valence-corrected chi connectivity index (χ1v) is 11.6. The van der Waals surface area contributed by atoms with Crippen LogP contribution in [0.25, 0.3) is 0 Å². The van der Waals surface area contributed by atoms with Gasteiger partial charge < -0.3 is 10.1 Å². The molecule has 30 heavy (non-hydrogen) atoms. The number of hydrogen-bond donors (Lipinski definition) is 1. The molecule has 1 unspecified atom stereocenters. The van der Waals surface area contributed by atoms with Gasteiger partial charge in [0, 0.05) is 6.54 Å². The lowest BCUT2D eigenvalue weighted by Crippen LogP contribution is -2.27. The van der Waals surface area contributed by atoms with Crippen molar-refractivity contribution in [3.63, 3.8) is 0 Å². The van der Waals surface area contributed by atoms with E-state index in [1.807, 2.05) is 80.1 Å². The largest absolute Gasteiger partial charge is 0.457 e. The number of carbonyl (C=O) groups excluding carboxylic acids is 1. The number of benzene rings is 2. The lowest BCUT2D eigenvalue weighted by molar-refractivity contribution is -0.123. The molecule has 0 aromatic heterocycles. The van der Waals surface area contributed by atoms with E-state index in [1.165, 1.54) is 6.08 Å². The van der Waals surface area contributed by atoms with Crippen LogP contribution < -0.4 is 10.1 Å². The molecule has 1 N–H and O–H groups in total. The molecule has 3 nitrogen and oxygen atoms in total. The topological polar surface area (TPSA) is 38.3 Å². The Morgan fingerprint density at radius 2 is 1.70 bits per heavy atom. The van der Waals surface area contributed by atoms with Gasteiger partial charge in [-0.05, 0) is 61.3 Å². The third-order valence-corrected chi connectivity index (χ3v) is 4.02. The highest BCUT2D eigenvalue weighted by Crippen LogP contribution is 2.21. The molecule has 162 valence electrons. The van der Waals surface area contributed by atoms with Gasteiger partial charge in [-0.2, -0.15) is 11.8 Å². The number of allylic oxidation sites excluding steroid dienone is 3. The predicted molar refractivity (Wildman–Crippen MR) is 127 cm³/mol. The van der Waals surface area contributed by atoms with E-state index in [2.05, 4.69) is 5.32 Å². The second-order valence-electron chi connectivity index (χ2n) is 6.64. The Morgan fingerprint density at radius 3 is 2.30 bits per heavy atom. The summed E-state index contributed by atoms with van der Waals surface area (Å²) in [6, 6.07) is 17.2. The molecule has 0 fully saturated rings. The molecule has 0 radical (unpaired) electrons. The van der Waals surface area contributed by atoms with Crippen molar-refractivity contribution in [1.29, 1.82) is 0 Å². The van der Waals surface area contributed by atoms with Gasteiger partial charge in [0.15, 0.2) is 0 Å². The summed E-state index contributed by atoms with van der Waals surface area (Å²) in [7, 11) is 0. The molecule has 1 amide bonds. The number of ether oxygens (including phenoxy) is 1. The number of nitrogens with one attached hydrogen (secondary N) is 1. The zero-order valence-corrected chi connectivity index (χ0v) is 19.0. The van der Waals surface area contributed by atoms with Gasteiger partial charge in [-0.1, -0.05) is 56.3 Å². The maximum Gasteiger partial charge on any atom is 0.226 e. The second-order valence-corrected chi connectivity index (χ2v) is 7.46. The number of amides is 1. The van der Waals surface area contributed by atoms with E-state index in [0.29, 0.717) is 19.4 Å². The minimum absolute atomic E-state index is 0.0594. The first-order valence-electron chi connectivity index (χ1n) is 10.0. The second kappa shape index (κ2) is 15.3. The number of hydrogen-bond acceptors (Lipinski definition) is 3. The van der Waals surface area contributed by atoms with E-state index in [9.17, 15) is 9.18 Å². The Kier molecular flexibility index (Phi) is 13.0. The zero-order chi connectivity index (χ0) is 22.2. The van der Waals surface area contributed by atoms with Crippen LogP contribution in [0.4, 0.5) is 4.39 Å². The van der Waals surface area contributed by atoms with Crippen molar-refractivity contribution in [2.45, 2.75) is 33.2 Å². The number of carbonyl (C=O) groups is 1. The van der Waals surface area contributed by atoms with E-state index >= 15 is 0 Å². The minimum atomic E-state index is -0.260. The monoisotopic (exact) mass is 429 g/mol. The first-order chi connectivity index (χ1) is 14.5. The normalized spacial score (nSPS) is 12.1. The summed E-state index contributed by atoms with van der Waals surface area (Å²) in [5, 5.41) is 2.91. The SMILES string of the molecule is CC/C(F)=C\C/C=C\C(C)C(=O)NCc1ccc(Oc2ccccc2)cc1.CSC. The van der Waals surface area contributed by atoms with Crippen LogP contribution in [-0.4, -0.2) is 18.4 Å². The van der Waals surface area contributed by atoms with Gasteiger partial charge >= 0.3 is 0 Å². The molecule has 0 heterocycles. The van der Waals surface area contributed by atoms with Gasteiger partial charge in [0.05, 0.1) is 11.7 Å². The van der Waals surface area contributed by atoms with Crippen molar-refractivity contribution in [2.24, 2.45) is 5.92 Å². The zero-order valence-electron chi connectivity index (χ0n) is 18.2. The summed E-state index contributed by atoms with van der Waals surface area (Å²) in [5.41, 5.74) is 0.993. The molecule has 0 aliphatic rings. The van der Waals surface area contributed by atoms with Crippen molar-refractivity contribution in [2.75, 3.05) is 12.5 Å². The van der Waals surface area contributed by atoms with Crippen LogP contribution in [-0.2, 0) is 11.3 Å². The Bertz CT molecular complexity index is 789. The quantitative estimate of drug-likeness (QED) is 0.440. The third kappa shape index (κ3) is 10.9. The van der Waals surface area contributed by atoms with Gasteiger partial charge in [-0.15, -0.1) is 0 Å². The van der Waals surface area contributed by atoms with Crippen molar-refractivity contribution >= 4 is 17.7 Å². The molecule has 0 aliphatic heterocycles. The fourth-order valence-corrected chi connectivity index (χ4v) is 2.36. The van der Waals surface area contributed by atoms with Crippen molar-refractivity contribution < 1.29 is 13.9 Å². The predicted octanol–water partition coefficient (Wildman–Crippen LogP) is 6.92. The molecule has 2 aromatic carbocycles. The van der Waals surface area contributed by atoms with Crippen LogP contribution >= 0.6 is 11.8 Å². The molecule has 1 atom stereocenters. The fraction of sp³-hybridized carbons (Fsp3) is 0.320. The van der Waals surface area contributed by atoms with Crippen molar-refractivity contribution in [3.05, 3.63) is 84.2 Å². The van der Waals surface area contributed by atoms with Crippen LogP contribution in [0.3, 0.4) is 0 Å². The number of para-hydroxylation sites is 1. The Labute approximate surface area is 184 Å². The molecule has 0 saturated heterocycles. The maximum atomic E-state index is 13.0. The number of thioether (sulfide) groups is 1. The fourth-order valence-electron chi connectivity index (χ4n) is 2.36. The summed E-state index contributed by atoms with van der Waals surface area (Å²) in [6.07, 6.45) is 10.1. The Balaban J connectivity index is 0.00000141. The smallest absolute Gasteiger partial charge is 0.226 e. The van der Waals surface area contributed by atoms with Gasteiger partial charge in [-0.25, -0.2) is 4.39 Å². The number of rotatable bonds is 9. The Hall–Kier alpha value is -2.53. The molecule has 2 rings (SSSR count). The summed E-state index contributed by atoms with van der Waals surface area (Å²) >= 11 is 1.75. The van der Waals surface area contributed by atoms with Crippen molar-refractivity contribution in [1.82, 2.24) is 5.32 Å². The summed E-state index contributed by atoms with van der Waals surface area (Å²) in [6.45, 7) is 4.04. The van der Waals surface area contributed by atoms with E-state index in [4.69, 9.17) is 4.74 Å². The van der Waals surface area contributed by atoms with Gasteiger partial charge in [0.1, 0.15) is 11.5 Å². The van der Waals surface area contributed by atoms with E-state index in [-0.39, 0.29) is 17.7 Å². The average Bonchev–Trinajstić information content (AvgIpc) is 2.77. The standard InChI is InChI=1S/C23H26FNO2.C2H6S/c1-3-20(24)10-8-7-9-18(2)23(26)25-17-19-13-15-22(16-14-19)27-21-11-5-4-6-12-21;1-3-2/h4-7,9-16,18H,3,8,17H2,1-2H3,(H,25,26);1-2H3/b9-7-,20-10+;. The third-order valence-electron chi connectivity index (χ3n) is 4.02. The molecule has 5 heteroatoms. The molecular weight excluding hydrogens is 397 g/mol. The van der Waals surface area contributed by atoms with Gasteiger partial charge in [0.25, 0.3) is 0 Å². The molecular formula is C25H32FNO2S. The highest BCUT2D eigenvalue weighted by Gasteiger charge is 2.08. The van der Waals surface area contributed by atoms with E-state index in [0.717, 1.165) is 17.1 Å². The summed E-state index contributed by atoms with van der Waals surface area (Å²) in [5.74, 6) is 1.09. The van der Waals surface area contributed by atoms with E-state index in [1.54, 1.807) is 24.8 Å². The molecule has 0 saturated carbocycles. The first kappa shape index (κ1) is 25.5. The van der Waals surface area contributed by atoms with E-state index < -0.39 is 0 Å². The lowest BCUT2D eigenvalue weighted by atomic mass is 10.1. The highest BCUT2D eigenvalue weighted by molar-refractivity contribution is 7.97. The van der Waals surface area contributed by atoms with Gasteiger partial charge in [0.2, 0.25) is 5.91 Å². The minimum Gasteiger partial charge on any atom is -0.457 e. The summed E-state index contributed by atoms with van der Waals surface area (Å²) < 4.78 is 18.8. The Morgan fingerprint density at radius 1 is 1.10 bits per heavy atom. The average molecular weight is 430 g/mol. The van der Waals surface area contributed by atoms with Crippen LogP contribution in [0.1, 0.15) is 32.3 Å². The molecule has 0 bridgehead atoms. The van der Waals surface area contributed by atoms with Crippen LogP contribution in [0.5, 0.6) is 11.5 Å². The van der Waals surface area contributed by atoms with Crippen LogP contribution in [0.15, 0.2) is 78.7 Å². The lowest BCUT2D eigenvalue weighted by Gasteiger charge is -2.10. The van der Waals surface area contributed by atoms with Crippen molar-refractivity contribution in [3.8, 4) is 11.5 Å².